The molecule has 0 saturated heterocycles. The summed E-state index contributed by atoms with van der Waals surface area (Å²) in [7, 11) is 1.61. The molecule has 5 nitrogen and oxygen atoms in total. The van der Waals surface area contributed by atoms with Crippen molar-refractivity contribution in [2.75, 3.05) is 0 Å². The Balaban J connectivity index is 1.55. The van der Waals surface area contributed by atoms with E-state index in [1.165, 1.54) is 10.7 Å². The SMILES string of the molecule is Cn1nc(-c2ccc(OCc3ccccc3)nc2OCc2ccccc2)c2cc(F)c(Br)c(F)c21. The summed E-state index contributed by atoms with van der Waals surface area (Å²) < 4.78 is 42.4. The number of fused-ring (bicyclic) bond motifs is 1. The first kappa shape index (κ1) is 23.0. The van der Waals surface area contributed by atoms with Crippen molar-refractivity contribution in [1.29, 1.82) is 0 Å². The van der Waals surface area contributed by atoms with Crippen LogP contribution in [0.2, 0.25) is 0 Å². The molecule has 2 heterocycles. The van der Waals surface area contributed by atoms with Crippen molar-refractivity contribution in [3.05, 3.63) is 106 Å². The Kier molecular flexibility index (Phi) is 6.46. The topological polar surface area (TPSA) is 49.2 Å². The smallest absolute Gasteiger partial charge is 0.226 e. The first-order valence-corrected chi connectivity index (χ1v) is 11.7. The van der Waals surface area contributed by atoms with Crippen LogP contribution in [0.15, 0.2) is 83.3 Å². The zero-order chi connectivity index (χ0) is 24.4. The van der Waals surface area contributed by atoms with Gasteiger partial charge in [0, 0.05) is 18.5 Å². The molecule has 3 aromatic carbocycles. The number of pyridine rings is 1. The van der Waals surface area contributed by atoms with E-state index in [2.05, 4.69) is 26.0 Å². The quantitative estimate of drug-likeness (QED) is 0.214. The molecule has 0 radical (unpaired) electrons. The third kappa shape index (κ3) is 4.74. The number of hydrogen-bond donors (Lipinski definition) is 0. The van der Waals surface area contributed by atoms with Crippen molar-refractivity contribution < 1.29 is 18.3 Å². The molecule has 35 heavy (non-hydrogen) atoms. The Morgan fingerprint density at radius 2 is 1.49 bits per heavy atom. The monoisotopic (exact) mass is 535 g/mol. The highest BCUT2D eigenvalue weighted by Crippen LogP contribution is 2.38. The number of hydrogen-bond acceptors (Lipinski definition) is 4. The van der Waals surface area contributed by atoms with Gasteiger partial charge in [0.05, 0.1) is 10.0 Å². The molecule has 8 heteroatoms. The minimum Gasteiger partial charge on any atom is -0.473 e. The average molecular weight is 536 g/mol. The second kappa shape index (κ2) is 9.84. The summed E-state index contributed by atoms with van der Waals surface area (Å²) in [5.74, 6) is -0.820. The van der Waals surface area contributed by atoms with E-state index in [1.807, 2.05) is 60.7 Å². The van der Waals surface area contributed by atoms with Gasteiger partial charge < -0.3 is 9.47 Å². The number of halogens is 3. The molecule has 0 amide bonds. The van der Waals surface area contributed by atoms with Crippen LogP contribution in [0.25, 0.3) is 22.2 Å². The van der Waals surface area contributed by atoms with Gasteiger partial charge in [-0.15, -0.1) is 0 Å². The second-order valence-corrected chi connectivity index (χ2v) is 8.70. The van der Waals surface area contributed by atoms with Crippen LogP contribution in [-0.4, -0.2) is 14.8 Å². The van der Waals surface area contributed by atoms with E-state index in [4.69, 9.17) is 9.47 Å². The van der Waals surface area contributed by atoms with E-state index in [0.717, 1.165) is 11.1 Å². The van der Waals surface area contributed by atoms with Crippen molar-refractivity contribution in [3.63, 3.8) is 0 Å². The predicted octanol–water partition coefficient (Wildman–Crippen LogP) is 6.83. The Morgan fingerprint density at radius 3 is 2.14 bits per heavy atom. The number of nitrogens with zero attached hydrogens (tertiary/aromatic N) is 3. The lowest BCUT2D eigenvalue weighted by Crippen LogP contribution is -2.02. The molecular formula is C27H20BrF2N3O2. The number of aryl methyl sites for hydroxylation is 1. The first-order valence-electron chi connectivity index (χ1n) is 10.9. The van der Waals surface area contributed by atoms with Crippen LogP contribution in [0.3, 0.4) is 0 Å². The number of benzene rings is 3. The number of rotatable bonds is 7. The molecule has 2 aromatic heterocycles. The molecular weight excluding hydrogens is 516 g/mol. The standard InChI is InChI=1S/C27H20BrF2N3O2/c1-33-26-20(14-21(29)23(28)24(26)30)25(32-33)19-12-13-22(34-15-17-8-4-2-5-9-17)31-27(19)35-16-18-10-6-3-7-11-18/h2-14H,15-16H2,1H3. The predicted molar refractivity (Wildman–Crippen MR) is 133 cm³/mol. The molecule has 5 aromatic rings. The lowest BCUT2D eigenvalue weighted by molar-refractivity contribution is 0.268. The summed E-state index contributed by atoms with van der Waals surface area (Å²) in [6.07, 6.45) is 0. The lowest BCUT2D eigenvalue weighted by atomic mass is 10.1. The van der Waals surface area contributed by atoms with Crippen molar-refractivity contribution in [2.45, 2.75) is 13.2 Å². The molecule has 0 spiro atoms. The van der Waals surface area contributed by atoms with E-state index in [1.54, 1.807) is 19.2 Å². The fourth-order valence-corrected chi connectivity index (χ4v) is 4.09. The Bertz CT molecular complexity index is 1490. The van der Waals surface area contributed by atoms with E-state index in [9.17, 15) is 8.78 Å². The summed E-state index contributed by atoms with van der Waals surface area (Å²) >= 11 is 2.97. The Morgan fingerprint density at radius 1 is 0.857 bits per heavy atom. The molecule has 0 unspecified atom stereocenters. The van der Waals surface area contributed by atoms with Gasteiger partial charge in [-0.2, -0.15) is 10.1 Å². The average Bonchev–Trinajstić information content (AvgIpc) is 3.21. The van der Waals surface area contributed by atoms with Gasteiger partial charge in [0.1, 0.15) is 30.2 Å². The summed E-state index contributed by atoms with van der Waals surface area (Å²) in [6, 6.07) is 24.1. The second-order valence-electron chi connectivity index (χ2n) is 7.91. The molecule has 0 saturated carbocycles. The molecule has 0 N–H and O–H groups in total. The van der Waals surface area contributed by atoms with Crippen LogP contribution in [-0.2, 0) is 20.3 Å². The van der Waals surface area contributed by atoms with E-state index in [-0.39, 0.29) is 22.5 Å². The molecule has 0 atom stereocenters. The molecule has 0 bridgehead atoms. The van der Waals surface area contributed by atoms with Gasteiger partial charge in [0.2, 0.25) is 11.8 Å². The summed E-state index contributed by atoms with van der Waals surface area (Å²) in [5, 5.41) is 4.79. The number of aromatic nitrogens is 3. The zero-order valence-corrected chi connectivity index (χ0v) is 20.3. The summed E-state index contributed by atoms with van der Waals surface area (Å²) in [4.78, 5) is 4.57. The van der Waals surface area contributed by atoms with Crippen LogP contribution in [0, 0.1) is 11.6 Å². The van der Waals surface area contributed by atoms with Crippen LogP contribution in [0.4, 0.5) is 8.78 Å². The van der Waals surface area contributed by atoms with Crippen LogP contribution in [0.1, 0.15) is 11.1 Å². The highest BCUT2D eigenvalue weighted by molar-refractivity contribution is 9.10. The van der Waals surface area contributed by atoms with Gasteiger partial charge >= 0.3 is 0 Å². The normalized spacial score (nSPS) is 11.1. The molecule has 5 rings (SSSR count). The van der Waals surface area contributed by atoms with Crippen molar-refractivity contribution in [2.24, 2.45) is 7.05 Å². The molecule has 176 valence electrons. The zero-order valence-electron chi connectivity index (χ0n) is 18.7. The van der Waals surface area contributed by atoms with Gasteiger partial charge in [0.25, 0.3) is 0 Å². The highest BCUT2D eigenvalue weighted by Gasteiger charge is 2.22. The third-order valence-electron chi connectivity index (χ3n) is 5.50. The van der Waals surface area contributed by atoms with Crippen molar-refractivity contribution in [3.8, 4) is 23.0 Å². The van der Waals surface area contributed by atoms with Gasteiger partial charge in [0.15, 0.2) is 5.82 Å². The third-order valence-corrected chi connectivity index (χ3v) is 6.23. The fraction of sp³-hybridized carbons (Fsp3) is 0.111. The van der Waals surface area contributed by atoms with Gasteiger partial charge in [-0.25, -0.2) is 8.78 Å². The maximum Gasteiger partial charge on any atom is 0.226 e. The van der Waals surface area contributed by atoms with Gasteiger partial charge in [-0.3, -0.25) is 4.68 Å². The van der Waals surface area contributed by atoms with E-state index >= 15 is 0 Å². The maximum atomic E-state index is 14.8. The van der Waals surface area contributed by atoms with Crippen LogP contribution < -0.4 is 9.47 Å². The Hall–Kier alpha value is -3.78. The summed E-state index contributed by atoms with van der Waals surface area (Å²) in [5.41, 5.74) is 2.98. The Labute approximate surface area is 209 Å². The highest BCUT2D eigenvalue weighted by atomic mass is 79.9. The van der Waals surface area contributed by atoms with E-state index < -0.39 is 11.6 Å². The molecule has 0 aliphatic rings. The minimum atomic E-state index is -0.719. The lowest BCUT2D eigenvalue weighted by Gasteiger charge is -2.12. The van der Waals surface area contributed by atoms with Crippen molar-refractivity contribution in [1.82, 2.24) is 14.8 Å². The van der Waals surface area contributed by atoms with Gasteiger partial charge in [-0.05, 0) is 39.2 Å². The number of ether oxygens (including phenoxy) is 2. The maximum absolute atomic E-state index is 14.8. The fourth-order valence-electron chi connectivity index (χ4n) is 3.79. The molecule has 0 fully saturated rings. The first-order chi connectivity index (χ1) is 17.0. The van der Waals surface area contributed by atoms with Gasteiger partial charge in [-0.1, -0.05) is 60.7 Å². The minimum absolute atomic E-state index is 0.173. The van der Waals surface area contributed by atoms with Crippen LogP contribution >= 0.6 is 15.9 Å². The molecule has 0 aliphatic carbocycles. The van der Waals surface area contributed by atoms with E-state index in [0.29, 0.717) is 29.1 Å². The molecule has 0 aliphatic heterocycles. The summed E-state index contributed by atoms with van der Waals surface area (Å²) in [6.45, 7) is 0.588. The van der Waals surface area contributed by atoms with Crippen molar-refractivity contribution >= 4 is 26.8 Å². The largest absolute Gasteiger partial charge is 0.473 e. The van der Waals surface area contributed by atoms with Crippen LogP contribution in [0.5, 0.6) is 11.8 Å².